The lowest BCUT2D eigenvalue weighted by molar-refractivity contribution is 0.0696. The van der Waals surface area contributed by atoms with Crippen molar-refractivity contribution in [3.05, 3.63) is 87.6 Å². The summed E-state index contributed by atoms with van der Waals surface area (Å²) >= 11 is 0. The Balaban J connectivity index is 1.91. The van der Waals surface area contributed by atoms with E-state index in [0.29, 0.717) is 16.9 Å². The minimum Gasteiger partial charge on any atom is -0.478 e. The number of carbonyl (C=O) groups excluding carboxylic acids is 1. The van der Waals surface area contributed by atoms with Gasteiger partial charge in [0.2, 0.25) is 5.43 Å². The van der Waals surface area contributed by atoms with Crippen LogP contribution >= 0.6 is 0 Å². The van der Waals surface area contributed by atoms with Crippen molar-refractivity contribution in [2.75, 3.05) is 5.32 Å². The molecule has 0 saturated heterocycles. The predicted octanol–water partition coefficient (Wildman–Crippen LogP) is 2.63. The number of aromatic nitrogens is 2. The van der Waals surface area contributed by atoms with Gasteiger partial charge in [-0.25, -0.2) is 13.9 Å². The first-order valence-electron chi connectivity index (χ1n) is 7.86. The summed E-state index contributed by atoms with van der Waals surface area (Å²) < 4.78 is 14.6. The smallest absolute Gasteiger partial charge is 0.335 e. The van der Waals surface area contributed by atoms with Crippen LogP contribution in [0.1, 0.15) is 26.4 Å². The van der Waals surface area contributed by atoms with Gasteiger partial charge < -0.3 is 10.4 Å². The maximum absolute atomic E-state index is 13.4. The molecule has 2 N–H and O–H groups in total. The third-order valence-electron chi connectivity index (χ3n) is 3.81. The van der Waals surface area contributed by atoms with Gasteiger partial charge in [0.05, 0.1) is 11.3 Å². The quantitative estimate of drug-likeness (QED) is 0.738. The lowest BCUT2D eigenvalue weighted by Crippen LogP contribution is -2.25. The van der Waals surface area contributed by atoms with Crippen LogP contribution in [0.3, 0.4) is 0 Å². The maximum Gasteiger partial charge on any atom is 0.335 e. The Bertz CT molecular complexity index is 1110. The number of hydrogen-bond donors (Lipinski definition) is 2. The predicted molar refractivity (Wildman–Crippen MR) is 95.9 cm³/mol. The highest BCUT2D eigenvalue weighted by atomic mass is 19.1. The first kappa shape index (κ1) is 18.0. The van der Waals surface area contributed by atoms with E-state index in [2.05, 4.69) is 10.4 Å². The Hall–Kier alpha value is -3.81. The van der Waals surface area contributed by atoms with E-state index in [1.807, 2.05) is 0 Å². The zero-order valence-corrected chi connectivity index (χ0v) is 14.1. The molecule has 0 aliphatic rings. The second-order valence-corrected chi connectivity index (χ2v) is 5.74. The van der Waals surface area contributed by atoms with Gasteiger partial charge in [-0.3, -0.25) is 9.59 Å². The molecule has 27 heavy (non-hydrogen) atoms. The van der Waals surface area contributed by atoms with Gasteiger partial charge >= 0.3 is 5.97 Å². The molecule has 1 aromatic heterocycles. The van der Waals surface area contributed by atoms with Gasteiger partial charge in [-0.1, -0.05) is 6.07 Å². The Morgan fingerprint density at radius 1 is 1.15 bits per heavy atom. The molecular formula is C19H14FN3O4. The number of aryl methyl sites for hydroxylation is 1. The molecule has 8 heteroatoms. The molecule has 0 bridgehead atoms. The van der Waals surface area contributed by atoms with Crippen LogP contribution in [0, 0.1) is 12.7 Å². The lowest BCUT2D eigenvalue weighted by Gasteiger charge is -2.09. The summed E-state index contributed by atoms with van der Waals surface area (Å²) in [7, 11) is 0. The number of carboxylic acids is 1. The van der Waals surface area contributed by atoms with E-state index in [9.17, 15) is 18.8 Å². The summed E-state index contributed by atoms with van der Waals surface area (Å²) in [5.41, 5.74) is 0.272. The summed E-state index contributed by atoms with van der Waals surface area (Å²) in [6, 6.07) is 11.0. The van der Waals surface area contributed by atoms with E-state index in [4.69, 9.17) is 5.11 Å². The molecule has 1 heterocycles. The van der Waals surface area contributed by atoms with E-state index in [1.165, 1.54) is 47.3 Å². The molecule has 136 valence electrons. The number of benzene rings is 2. The molecule has 0 unspecified atom stereocenters. The number of hydrogen-bond acceptors (Lipinski definition) is 4. The minimum atomic E-state index is -1.08. The highest BCUT2D eigenvalue weighted by Gasteiger charge is 2.15. The second kappa shape index (κ2) is 7.20. The fraction of sp³-hybridized carbons (Fsp3) is 0.0526. The highest BCUT2D eigenvalue weighted by Crippen LogP contribution is 2.16. The van der Waals surface area contributed by atoms with E-state index in [-0.39, 0.29) is 11.3 Å². The molecule has 3 rings (SSSR count). The fourth-order valence-corrected chi connectivity index (χ4v) is 2.50. The summed E-state index contributed by atoms with van der Waals surface area (Å²) in [6.45, 7) is 1.59. The van der Waals surface area contributed by atoms with Gasteiger partial charge in [0.25, 0.3) is 5.91 Å². The fourth-order valence-electron chi connectivity index (χ4n) is 2.50. The van der Waals surface area contributed by atoms with Crippen molar-refractivity contribution < 1.29 is 19.1 Å². The number of nitrogens with one attached hydrogen (secondary N) is 1. The normalized spacial score (nSPS) is 10.4. The van der Waals surface area contributed by atoms with Crippen molar-refractivity contribution >= 4 is 17.6 Å². The van der Waals surface area contributed by atoms with Gasteiger partial charge in [0, 0.05) is 18.0 Å². The van der Waals surface area contributed by atoms with Crippen LogP contribution in [0.5, 0.6) is 0 Å². The molecule has 0 aliphatic carbocycles. The Labute approximate surface area is 152 Å². The number of amides is 1. The van der Waals surface area contributed by atoms with E-state index in [0.717, 1.165) is 6.07 Å². The van der Waals surface area contributed by atoms with Gasteiger partial charge in [-0.15, -0.1) is 0 Å². The summed E-state index contributed by atoms with van der Waals surface area (Å²) in [4.78, 5) is 35.5. The molecule has 0 atom stereocenters. The molecule has 1 amide bonds. The standard InChI is InChI=1S/C19H14FN3O4/c1-11-9-13(5-6-15(11)19(26)27)21-18(25)17-16(24)7-8-23(22-17)14-4-2-3-12(20)10-14/h2-10H,1H3,(H,21,25)(H,26,27). The average Bonchev–Trinajstić information content (AvgIpc) is 2.61. The van der Waals surface area contributed by atoms with Crippen LogP contribution in [-0.2, 0) is 0 Å². The van der Waals surface area contributed by atoms with Crippen LogP contribution in [0.4, 0.5) is 10.1 Å². The molecule has 2 aromatic carbocycles. The van der Waals surface area contributed by atoms with Gasteiger partial charge in [0.1, 0.15) is 5.82 Å². The molecule has 3 aromatic rings. The van der Waals surface area contributed by atoms with Crippen molar-refractivity contribution in [3.8, 4) is 5.69 Å². The molecular weight excluding hydrogens is 353 g/mol. The van der Waals surface area contributed by atoms with Crippen molar-refractivity contribution in [3.63, 3.8) is 0 Å². The topological polar surface area (TPSA) is 101 Å². The lowest BCUT2D eigenvalue weighted by atomic mass is 10.1. The summed E-state index contributed by atoms with van der Waals surface area (Å²) in [5.74, 6) is -2.31. The number of anilines is 1. The molecule has 7 nitrogen and oxygen atoms in total. The zero-order valence-electron chi connectivity index (χ0n) is 14.1. The van der Waals surface area contributed by atoms with Gasteiger partial charge in [-0.2, -0.15) is 5.10 Å². The Morgan fingerprint density at radius 3 is 2.59 bits per heavy atom. The van der Waals surface area contributed by atoms with E-state index in [1.54, 1.807) is 13.0 Å². The maximum atomic E-state index is 13.4. The number of nitrogens with zero attached hydrogens (tertiary/aromatic N) is 2. The number of carboxylic acid groups (broad SMARTS) is 1. The third kappa shape index (κ3) is 3.90. The first-order valence-corrected chi connectivity index (χ1v) is 7.86. The molecule has 0 spiro atoms. The molecule has 0 saturated carbocycles. The Kier molecular flexibility index (Phi) is 4.80. The van der Waals surface area contributed by atoms with Gasteiger partial charge in [-0.05, 0) is 48.9 Å². The minimum absolute atomic E-state index is 0.110. The van der Waals surface area contributed by atoms with Crippen molar-refractivity contribution in [1.82, 2.24) is 9.78 Å². The first-order chi connectivity index (χ1) is 12.8. The number of carbonyl (C=O) groups is 2. The second-order valence-electron chi connectivity index (χ2n) is 5.74. The SMILES string of the molecule is Cc1cc(NC(=O)c2nn(-c3cccc(F)c3)ccc2=O)ccc1C(=O)O. The molecule has 0 fully saturated rings. The van der Waals surface area contributed by atoms with Crippen molar-refractivity contribution in [2.45, 2.75) is 6.92 Å². The largest absolute Gasteiger partial charge is 0.478 e. The monoisotopic (exact) mass is 367 g/mol. The van der Waals surface area contributed by atoms with Crippen LogP contribution in [0.25, 0.3) is 5.69 Å². The molecule has 0 radical (unpaired) electrons. The Morgan fingerprint density at radius 2 is 1.93 bits per heavy atom. The van der Waals surface area contributed by atoms with Crippen molar-refractivity contribution in [2.24, 2.45) is 0 Å². The van der Waals surface area contributed by atoms with Gasteiger partial charge in [0.15, 0.2) is 5.69 Å². The highest BCUT2D eigenvalue weighted by molar-refractivity contribution is 6.03. The van der Waals surface area contributed by atoms with Crippen LogP contribution in [0.2, 0.25) is 0 Å². The van der Waals surface area contributed by atoms with Crippen molar-refractivity contribution in [1.29, 1.82) is 0 Å². The average molecular weight is 367 g/mol. The number of halogens is 1. The van der Waals surface area contributed by atoms with E-state index >= 15 is 0 Å². The van der Waals surface area contributed by atoms with Crippen LogP contribution < -0.4 is 10.7 Å². The number of rotatable bonds is 4. The van der Waals surface area contributed by atoms with Crippen LogP contribution in [-0.4, -0.2) is 26.8 Å². The third-order valence-corrected chi connectivity index (χ3v) is 3.81. The number of aromatic carboxylic acids is 1. The zero-order chi connectivity index (χ0) is 19.6. The van der Waals surface area contributed by atoms with E-state index < -0.39 is 23.1 Å². The summed E-state index contributed by atoms with van der Waals surface area (Å²) in [6.07, 6.45) is 1.33. The molecule has 0 aliphatic heterocycles. The summed E-state index contributed by atoms with van der Waals surface area (Å²) in [5, 5.41) is 15.5. The van der Waals surface area contributed by atoms with Crippen LogP contribution in [0.15, 0.2) is 59.5 Å².